The molecule has 0 amide bonds. The predicted octanol–water partition coefficient (Wildman–Crippen LogP) is 3.40. The lowest BCUT2D eigenvalue weighted by Gasteiger charge is -2.13. The van der Waals surface area contributed by atoms with E-state index in [2.05, 4.69) is 53.5 Å². The van der Waals surface area contributed by atoms with E-state index in [9.17, 15) is 0 Å². The molecule has 0 aliphatic heterocycles. The van der Waals surface area contributed by atoms with Crippen molar-refractivity contribution >= 4 is 17.3 Å². The highest BCUT2D eigenvalue weighted by Crippen LogP contribution is 2.10. The number of aliphatic imine (C=N–C) groups is 1. The molecule has 6 heteroatoms. The molecule has 0 aliphatic carbocycles. The van der Waals surface area contributed by atoms with Crippen LogP contribution in [0.1, 0.15) is 29.3 Å². The Hall–Kier alpha value is -1.92. The van der Waals surface area contributed by atoms with Crippen LogP contribution in [0, 0.1) is 12.8 Å². The smallest absolute Gasteiger partial charge is 0.191 e. The van der Waals surface area contributed by atoms with Crippen LogP contribution in [0.2, 0.25) is 0 Å². The first-order valence-corrected chi connectivity index (χ1v) is 10.0. The zero-order valence-corrected chi connectivity index (χ0v) is 16.8. The normalized spacial score (nSPS) is 12.8. The molecule has 2 aromatic rings. The lowest BCUT2D eigenvalue weighted by Crippen LogP contribution is -2.38. The van der Waals surface area contributed by atoms with Gasteiger partial charge in [-0.05, 0) is 25.3 Å². The highest BCUT2D eigenvalue weighted by molar-refractivity contribution is 7.11. The van der Waals surface area contributed by atoms with Crippen LogP contribution < -0.4 is 10.6 Å². The maximum absolute atomic E-state index is 5.80. The largest absolute Gasteiger partial charge is 0.376 e. The molecule has 1 aromatic heterocycles. The molecule has 1 atom stereocenters. The van der Waals surface area contributed by atoms with Crippen molar-refractivity contribution in [2.45, 2.75) is 33.8 Å². The molecule has 0 bridgehead atoms. The summed E-state index contributed by atoms with van der Waals surface area (Å²) < 4.78 is 5.80. The third-order valence-electron chi connectivity index (χ3n) is 3.72. The fourth-order valence-corrected chi connectivity index (χ4v) is 3.19. The van der Waals surface area contributed by atoms with Gasteiger partial charge in [-0.15, -0.1) is 11.3 Å². The third-order valence-corrected chi connectivity index (χ3v) is 4.69. The van der Waals surface area contributed by atoms with E-state index in [4.69, 9.17) is 4.74 Å². The van der Waals surface area contributed by atoms with Crippen LogP contribution in [0.3, 0.4) is 0 Å². The Bertz CT molecular complexity index is 657. The van der Waals surface area contributed by atoms with Crippen molar-refractivity contribution in [3.63, 3.8) is 0 Å². The Morgan fingerprint density at radius 1 is 1.27 bits per heavy atom. The molecule has 0 spiro atoms. The molecule has 0 radical (unpaired) electrons. The van der Waals surface area contributed by atoms with E-state index < -0.39 is 0 Å². The van der Waals surface area contributed by atoms with E-state index in [-0.39, 0.29) is 0 Å². The number of aromatic nitrogens is 1. The lowest BCUT2D eigenvalue weighted by molar-refractivity contribution is 0.0945. The highest BCUT2D eigenvalue weighted by Gasteiger charge is 2.04. The van der Waals surface area contributed by atoms with Crippen molar-refractivity contribution in [2.75, 3.05) is 26.2 Å². The molecule has 2 N–H and O–H groups in total. The van der Waals surface area contributed by atoms with Gasteiger partial charge in [0, 0.05) is 37.1 Å². The van der Waals surface area contributed by atoms with Crippen LogP contribution >= 0.6 is 11.3 Å². The standard InChI is InChI=1S/C20H30N4OS/c1-4-21-20(22-11-10-19-23-13-17(3)26-19)24-12-16(2)14-25-15-18-8-6-5-7-9-18/h5-9,13,16H,4,10-12,14-15H2,1-3H3,(H2,21,22,24). The number of benzene rings is 1. The summed E-state index contributed by atoms with van der Waals surface area (Å²) in [7, 11) is 0. The molecule has 1 unspecified atom stereocenters. The zero-order valence-electron chi connectivity index (χ0n) is 16.0. The quantitative estimate of drug-likeness (QED) is 0.494. The number of ether oxygens (including phenoxy) is 1. The second-order valence-electron chi connectivity index (χ2n) is 6.37. The van der Waals surface area contributed by atoms with Crippen molar-refractivity contribution in [3.8, 4) is 0 Å². The van der Waals surface area contributed by atoms with E-state index in [1.54, 1.807) is 11.3 Å². The minimum atomic E-state index is 0.371. The SMILES string of the molecule is CCNC(=NCC(C)COCc1ccccc1)NCCc1ncc(C)s1. The van der Waals surface area contributed by atoms with Crippen molar-refractivity contribution in [3.05, 3.63) is 52.0 Å². The van der Waals surface area contributed by atoms with Gasteiger partial charge in [-0.1, -0.05) is 37.3 Å². The Morgan fingerprint density at radius 3 is 2.77 bits per heavy atom. The van der Waals surface area contributed by atoms with Gasteiger partial charge in [-0.2, -0.15) is 0 Å². The third kappa shape index (κ3) is 7.97. The minimum Gasteiger partial charge on any atom is -0.376 e. The summed E-state index contributed by atoms with van der Waals surface area (Å²) >= 11 is 1.75. The van der Waals surface area contributed by atoms with Crippen molar-refractivity contribution in [1.82, 2.24) is 15.6 Å². The number of thiazole rings is 1. The number of guanidine groups is 1. The summed E-state index contributed by atoms with van der Waals surface area (Å²) in [5, 5.41) is 7.83. The van der Waals surface area contributed by atoms with Gasteiger partial charge in [0.15, 0.2) is 5.96 Å². The number of hydrogen-bond donors (Lipinski definition) is 2. The number of aryl methyl sites for hydroxylation is 1. The van der Waals surface area contributed by atoms with Crippen molar-refractivity contribution in [2.24, 2.45) is 10.9 Å². The first kappa shape index (κ1) is 20.4. The van der Waals surface area contributed by atoms with E-state index in [0.29, 0.717) is 19.1 Å². The topological polar surface area (TPSA) is 58.5 Å². The van der Waals surface area contributed by atoms with Gasteiger partial charge in [0.25, 0.3) is 0 Å². The van der Waals surface area contributed by atoms with Gasteiger partial charge in [0.1, 0.15) is 0 Å². The first-order chi connectivity index (χ1) is 12.7. The summed E-state index contributed by atoms with van der Waals surface area (Å²) in [5.41, 5.74) is 1.20. The van der Waals surface area contributed by atoms with E-state index in [1.807, 2.05) is 24.4 Å². The van der Waals surface area contributed by atoms with E-state index >= 15 is 0 Å². The molecule has 1 heterocycles. The summed E-state index contributed by atoms with van der Waals surface area (Å²) in [4.78, 5) is 10.3. The summed E-state index contributed by atoms with van der Waals surface area (Å²) in [6, 6.07) is 10.3. The summed E-state index contributed by atoms with van der Waals surface area (Å²) in [6.45, 7) is 10.1. The molecular formula is C20H30N4OS. The fraction of sp³-hybridized carbons (Fsp3) is 0.500. The minimum absolute atomic E-state index is 0.371. The van der Waals surface area contributed by atoms with Gasteiger partial charge in [0.05, 0.1) is 18.2 Å². The van der Waals surface area contributed by atoms with Gasteiger partial charge < -0.3 is 15.4 Å². The molecule has 0 fully saturated rings. The summed E-state index contributed by atoms with van der Waals surface area (Å²) in [6.07, 6.45) is 2.84. The highest BCUT2D eigenvalue weighted by atomic mass is 32.1. The van der Waals surface area contributed by atoms with E-state index in [1.165, 1.54) is 10.4 Å². The molecule has 2 rings (SSSR count). The number of rotatable bonds is 10. The molecular weight excluding hydrogens is 344 g/mol. The van der Waals surface area contributed by atoms with Crippen molar-refractivity contribution < 1.29 is 4.74 Å². The number of hydrogen-bond acceptors (Lipinski definition) is 4. The molecule has 0 saturated heterocycles. The van der Waals surface area contributed by atoms with Crippen LogP contribution in [-0.4, -0.2) is 37.2 Å². The number of nitrogens with one attached hydrogen (secondary N) is 2. The molecule has 26 heavy (non-hydrogen) atoms. The van der Waals surface area contributed by atoms with Crippen LogP contribution in [0.5, 0.6) is 0 Å². The lowest BCUT2D eigenvalue weighted by atomic mass is 10.2. The van der Waals surface area contributed by atoms with Crippen molar-refractivity contribution in [1.29, 1.82) is 0 Å². The monoisotopic (exact) mass is 374 g/mol. The van der Waals surface area contributed by atoms with Crippen LogP contribution in [0.15, 0.2) is 41.5 Å². The molecule has 142 valence electrons. The molecule has 5 nitrogen and oxygen atoms in total. The number of nitrogens with zero attached hydrogens (tertiary/aromatic N) is 2. The Morgan fingerprint density at radius 2 is 2.08 bits per heavy atom. The molecule has 0 aliphatic rings. The average Bonchev–Trinajstić information content (AvgIpc) is 3.06. The molecule has 1 aromatic carbocycles. The Labute approximate surface area is 160 Å². The average molecular weight is 375 g/mol. The zero-order chi connectivity index (χ0) is 18.6. The van der Waals surface area contributed by atoms with Gasteiger partial charge in [0.2, 0.25) is 0 Å². The second kappa shape index (κ2) is 11.6. The van der Waals surface area contributed by atoms with E-state index in [0.717, 1.165) is 37.0 Å². The van der Waals surface area contributed by atoms with Gasteiger partial charge >= 0.3 is 0 Å². The molecule has 0 saturated carbocycles. The summed E-state index contributed by atoms with van der Waals surface area (Å²) in [5.74, 6) is 1.23. The van der Waals surface area contributed by atoms with Gasteiger partial charge in [-0.3, -0.25) is 4.99 Å². The second-order valence-corrected chi connectivity index (χ2v) is 7.69. The van der Waals surface area contributed by atoms with Crippen LogP contribution in [0.25, 0.3) is 0 Å². The first-order valence-electron chi connectivity index (χ1n) is 9.22. The fourth-order valence-electron chi connectivity index (χ4n) is 2.40. The Balaban J connectivity index is 1.68. The van der Waals surface area contributed by atoms with Crippen LogP contribution in [0.4, 0.5) is 0 Å². The van der Waals surface area contributed by atoms with Crippen LogP contribution in [-0.2, 0) is 17.8 Å². The van der Waals surface area contributed by atoms with Gasteiger partial charge in [-0.25, -0.2) is 4.98 Å². The predicted molar refractivity (Wildman–Crippen MR) is 110 cm³/mol. The maximum Gasteiger partial charge on any atom is 0.191 e. The Kier molecular flexibility index (Phi) is 9.14. The maximum atomic E-state index is 5.80.